The number of hydrogen-bond acceptors (Lipinski definition) is 6. The summed E-state index contributed by atoms with van der Waals surface area (Å²) >= 11 is 0. The molecule has 2 fully saturated rings. The molecule has 1 aromatic carbocycles. The number of nitrogens with zero attached hydrogens (tertiary/aromatic N) is 2. The number of carbonyl (C=O) groups is 2. The Balaban J connectivity index is 1.51. The second kappa shape index (κ2) is 12.3. The number of ether oxygens (including phenoxy) is 1. The number of aliphatic hydroxyl groups is 2. The lowest BCUT2D eigenvalue weighted by molar-refractivity contribution is -0.159. The first kappa shape index (κ1) is 25.5. The van der Waals surface area contributed by atoms with Crippen LogP contribution in [0.4, 0.5) is 5.69 Å². The first-order valence-corrected chi connectivity index (χ1v) is 12.2. The first-order valence-electron chi connectivity index (χ1n) is 12.2. The Hall–Kier alpha value is -2.16. The predicted molar refractivity (Wildman–Crippen MR) is 127 cm³/mol. The van der Waals surface area contributed by atoms with E-state index in [1.165, 1.54) is 11.3 Å². The van der Waals surface area contributed by atoms with Crippen LogP contribution in [-0.4, -0.2) is 84.6 Å². The van der Waals surface area contributed by atoms with E-state index in [0.29, 0.717) is 25.4 Å². The second-order valence-electron chi connectivity index (χ2n) is 9.30. The number of likely N-dealkylation sites (tertiary alicyclic amines) is 1. The van der Waals surface area contributed by atoms with Crippen LogP contribution in [0.2, 0.25) is 0 Å². The molecule has 3 rings (SSSR count). The third-order valence-corrected chi connectivity index (χ3v) is 6.87. The molecule has 2 heterocycles. The van der Waals surface area contributed by atoms with Crippen molar-refractivity contribution < 1.29 is 24.5 Å². The van der Waals surface area contributed by atoms with Crippen LogP contribution < -0.4 is 10.2 Å². The van der Waals surface area contributed by atoms with Crippen molar-refractivity contribution in [1.29, 1.82) is 0 Å². The minimum Gasteiger partial charge on any atom is -0.396 e. The number of aliphatic hydroxyl groups excluding tert-OH is 2. The van der Waals surface area contributed by atoms with Crippen LogP contribution in [0.3, 0.4) is 0 Å². The maximum atomic E-state index is 13.0. The molecule has 0 aromatic heterocycles. The molecule has 8 nitrogen and oxygen atoms in total. The van der Waals surface area contributed by atoms with Gasteiger partial charge in [0.1, 0.15) is 0 Å². The van der Waals surface area contributed by atoms with Gasteiger partial charge in [0.05, 0.1) is 0 Å². The standard InChI is InChI=1S/C25H39N3O5/c1-18-7-3-4-9-21(18)27-13-10-20(11-14-27)17-26-24(31)22(30)23(33-16-6-15-29)25(32)28-12-5-8-19(28)2/h3-4,7,9,19-20,22-23,29-30H,5-6,8,10-17H2,1-2H3,(H,26,31)/t19-,22+,23+/m0/s1. The predicted octanol–water partition coefficient (Wildman–Crippen LogP) is 1.47. The number of benzene rings is 1. The van der Waals surface area contributed by atoms with Gasteiger partial charge in [0.2, 0.25) is 0 Å². The normalized spacial score (nSPS) is 21.2. The highest BCUT2D eigenvalue weighted by Crippen LogP contribution is 2.26. The Kier molecular flexibility index (Phi) is 9.52. The Labute approximate surface area is 196 Å². The molecule has 8 heteroatoms. The summed E-state index contributed by atoms with van der Waals surface area (Å²) in [6.07, 6.45) is 1.22. The van der Waals surface area contributed by atoms with E-state index in [0.717, 1.165) is 38.8 Å². The largest absolute Gasteiger partial charge is 0.396 e. The van der Waals surface area contributed by atoms with Crippen molar-refractivity contribution in [3.8, 4) is 0 Å². The maximum absolute atomic E-state index is 13.0. The number of aryl methyl sites for hydroxylation is 1. The monoisotopic (exact) mass is 461 g/mol. The average molecular weight is 462 g/mol. The Morgan fingerprint density at radius 2 is 1.91 bits per heavy atom. The van der Waals surface area contributed by atoms with Crippen LogP contribution in [0.25, 0.3) is 0 Å². The highest BCUT2D eigenvalue weighted by molar-refractivity contribution is 5.91. The van der Waals surface area contributed by atoms with E-state index in [2.05, 4.69) is 35.3 Å². The van der Waals surface area contributed by atoms with Crippen molar-refractivity contribution in [2.75, 3.05) is 44.3 Å². The van der Waals surface area contributed by atoms with Crippen molar-refractivity contribution in [2.24, 2.45) is 5.92 Å². The average Bonchev–Trinajstić information content (AvgIpc) is 3.26. The second-order valence-corrected chi connectivity index (χ2v) is 9.30. The molecule has 0 spiro atoms. The zero-order valence-corrected chi connectivity index (χ0v) is 19.9. The van der Waals surface area contributed by atoms with Gasteiger partial charge in [0.15, 0.2) is 12.2 Å². The highest BCUT2D eigenvalue weighted by Gasteiger charge is 2.38. The quantitative estimate of drug-likeness (QED) is 0.456. The molecular formula is C25H39N3O5. The Morgan fingerprint density at radius 1 is 1.18 bits per heavy atom. The fourth-order valence-electron chi connectivity index (χ4n) is 4.78. The van der Waals surface area contributed by atoms with Crippen LogP contribution in [0.5, 0.6) is 0 Å². The van der Waals surface area contributed by atoms with Gasteiger partial charge in [-0.3, -0.25) is 9.59 Å². The van der Waals surface area contributed by atoms with E-state index in [1.54, 1.807) is 4.90 Å². The van der Waals surface area contributed by atoms with Crippen LogP contribution in [0, 0.1) is 12.8 Å². The van der Waals surface area contributed by atoms with Gasteiger partial charge in [-0.25, -0.2) is 0 Å². The summed E-state index contributed by atoms with van der Waals surface area (Å²) in [7, 11) is 0. The molecular weight excluding hydrogens is 422 g/mol. The number of para-hydroxylation sites is 1. The van der Waals surface area contributed by atoms with Crippen LogP contribution >= 0.6 is 0 Å². The third kappa shape index (κ3) is 6.68. The number of rotatable bonds is 10. The Bertz CT molecular complexity index is 781. The van der Waals surface area contributed by atoms with E-state index in [1.807, 2.05) is 13.0 Å². The van der Waals surface area contributed by atoms with Gasteiger partial charge in [-0.15, -0.1) is 0 Å². The molecule has 2 aliphatic rings. The van der Waals surface area contributed by atoms with Gasteiger partial charge in [-0.05, 0) is 63.5 Å². The van der Waals surface area contributed by atoms with Crippen molar-refractivity contribution in [3.05, 3.63) is 29.8 Å². The topological polar surface area (TPSA) is 102 Å². The van der Waals surface area contributed by atoms with Gasteiger partial charge >= 0.3 is 0 Å². The lowest BCUT2D eigenvalue weighted by Gasteiger charge is -2.35. The molecule has 33 heavy (non-hydrogen) atoms. The SMILES string of the molecule is Cc1ccccc1N1CCC(CNC(=O)[C@H](O)[C@@H](OCCCO)C(=O)N2CCC[C@@H]2C)CC1. The smallest absolute Gasteiger partial charge is 0.255 e. The minimum atomic E-state index is -1.57. The summed E-state index contributed by atoms with van der Waals surface area (Å²) < 4.78 is 5.59. The number of anilines is 1. The molecule has 0 saturated carbocycles. The van der Waals surface area contributed by atoms with Gasteiger partial charge < -0.3 is 30.1 Å². The molecule has 184 valence electrons. The third-order valence-electron chi connectivity index (χ3n) is 6.87. The van der Waals surface area contributed by atoms with Crippen LogP contribution in [0.1, 0.15) is 44.6 Å². The lowest BCUT2D eigenvalue weighted by Crippen LogP contribution is -2.53. The molecule has 0 radical (unpaired) electrons. The number of nitrogens with one attached hydrogen (secondary N) is 1. The van der Waals surface area contributed by atoms with Crippen LogP contribution in [-0.2, 0) is 14.3 Å². The van der Waals surface area contributed by atoms with Crippen LogP contribution in [0.15, 0.2) is 24.3 Å². The van der Waals surface area contributed by atoms with Crippen molar-refractivity contribution in [2.45, 2.75) is 64.2 Å². The number of hydrogen-bond donors (Lipinski definition) is 3. The van der Waals surface area contributed by atoms with E-state index in [9.17, 15) is 14.7 Å². The summed E-state index contributed by atoms with van der Waals surface area (Å²) in [6.45, 7) is 7.03. The summed E-state index contributed by atoms with van der Waals surface area (Å²) in [5.74, 6) is -0.609. The fraction of sp³-hybridized carbons (Fsp3) is 0.680. The van der Waals surface area contributed by atoms with Gasteiger partial charge in [0, 0.05) is 51.1 Å². The van der Waals surface area contributed by atoms with E-state index in [-0.39, 0.29) is 25.2 Å². The zero-order valence-electron chi connectivity index (χ0n) is 19.9. The van der Waals surface area contributed by atoms with Crippen molar-refractivity contribution in [1.82, 2.24) is 10.2 Å². The molecule has 2 amide bonds. The lowest BCUT2D eigenvalue weighted by atomic mass is 9.95. The number of piperidine rings is 1. The van der Waals surface area contributed by atoms with Crippen molar-refractivity contribution in [3.63, 3.8) is 0 Å². The van der Waals surface area contributed by atoms with E-state index in [4.69, 9.17) is 9.84 Å². The Morgan fingerprint density at radius 3 is 2.55 bits per heavy atom. The van der Waals surface area contributed by atoms with Gasteiger partial charge in [0.25, 0.3) is 11.8 Å². The summed E-state index contributed by atoms with van der Waals surface area (Å²) in [4.78, 5) is 29.8. The number of carbonyl (C=O) groups excluding carboxylic acids is 2. The number of amides is 2. The minimum absolute atomic E-state index is 0.0649. The zero-order chi connectivity index (χ0) is 23.8. The van der Waals surface area contributed by atoms with Gasteiger partial charge in [-0.2, -0.15) is 0 Å². The first-order chi connectivity index (χ1) is 15.9. The molecule has 0 unspecified atom stereocenters. The fourth-order valence-corrected chi connectivity index (χ4v) is 4.78. The van der Waals surface area contributed by atoms with Crippen molar-refractivity contribution >= 4 is 17.5 Å². The van der Waals surface area contributed by atoms with Gasteiger partial charge in [-0.1, -0.05) is 18.2 Å². The molecule has 3 N–H and O–H groups in total. The molecule has 2 aliphatic heterocycles. The molecule has 0 aliphatic carbocycles. The molecule has 0 bridgehead atoms. The van der Waals surface area contributed by atoms with E-state index >= 15 is 0 Å². The summed E-state index contributed by atoms with van der Waals surface area (Å²) in [5.41, 5.74) is 2.52. The molecule has 2 saturated heterocycles. The molecule has 1 aromatic rings. The highest BCUT2D eigenvalue weighted by atomic mass is 16.5. The maximum Gasteiger partial charge on any atom is 0.255 e. The summed E-state index contributed by atoms with van der Waals surface area (Å²) in [6, 6.07) is 8.42. The van der Waals surface area contributed by atoms with E-state index < -0.39 is 18.1 Å². The molecule has 3 atom stereocenters. The summed E-state index contributed by atoms with van der Waals surface area (Å²) in [5, 5.41) is 22.6.